The second kappa shape index (κ2) is 10.4. The first kappa shape index (κ1) is 22.7. The molecule has 2 aromatic carbocycles. The fourth-order valence-electron chi connectivity index (χ4n) is 5.47. The smallest absolute Gasteiger partial charge is 0.251 e. The van der Waals surface area contributed by atoms with Crippen LogP contribution in [0, 0.1) is 5.92 Å². The molecule has 4 nitrogen and oxygen atoms in total. The zero-order chi connectivity index (χ0) is 22.5. The summed E-state index contributed by atoms with van der Waals surface area (Å²) in [7, 11) is 0. The van der Waals surface area contributed by atoms with Crippen LogP contribution in [0.1, 0.15) is 99.2 Å². The average molecular weight is 435 g/mol. The summed E-state index contributed by atoms with van der Waals surface area (Å²) in [5, 5.41) is 7.06. The summed E-state index contributed by atoms with van der Waals surface area (Å²) in [6.07, 6.45) is 8.23. The number of benzene rings is 2. The molecule has 32 heavy (non-hydrogen) atoms. The van der Waals surface area contributed by atoms with E-state index in [0.29, 0.717) is 24.5 Å². The number of hydrogen-bond donors (Lipinski definition) is 2. The SMILES string of the molecule is CCCCC1C(C)c2cc(C(=O)NC3CCCC3)ccc2NC1c1ccc(OCC)cc1. The van der Waals surface area contributed by atoms with Gasteiger partial charge in [-0.05, 0) is 79.5 Å². The first-order chi connectivity index (χ1) is 15.6. The van der Waals surface area contributed by atoms with Crippen LogP contribution >= 0.6 is 0 Å². The van der Waals surface area contributed by atoms with Crippen LogP contribution < -0.4 is 15.4 Å². The van der Waals surface area contributed by atoms with Crippen molar-refractivity contribution in [3.8, 4) is 5.75 Å². The number of nitrogens with one attached hydrogen (secondary N) is 2. The number of hydrogen-bond acceptors (Lipinski definition) is 3. The highest BCUT2D eigenvalue weighted by Gasteiger charge is 2.35. The lowest BCUT2D eigenvalue weighted by Gasteiger charge is -2.40. The van der Waals surface area contributed by atoms with Crippen molar-refractivity contribution in [2.75, 3.05) is 11.9 Å². The van der Waals surface area contributed by atoms with Crippen molar-refractivity contribution in [3.05, 3.63) is 59.2 Å². The predicted octanol–water partition coefficient (Wildman–Crippen LogP) is 6.83. The fraction of sp³-hybridized carbons (Fsp3) is 0.536. The van der Waals surface area contributed by atoms with Gasteiger partial charge in [-0.2, -0.15) is 0 Å². The van der Waals surface area contributed by atoms with Crippen LogP contribution in [-0.4, -0.2) is 18.6 Å². The van der Waals surface area contributed by atoms with Crippen LogP contribution in [0.2, 0.25) is 0 Å². The molecule has 4 heteroatoms. The molecule has 4 rings (SSSR count). The summed E-state index contributed by atoms with van der Waals surface area (Å²) in [6, 6.07) is 15.4. The third kappa shape index (κ3) is 4.95. The average Bonchev–Trinajstić information content (AvgIpc) is 3.32. The van der Waals surface area contributed by atoms with Crippen molar-refractivity contribution in [1.29, 1.82) is 0 Å². The van der Waals surface area contributed by atoms with Gasteiger partial charge in [-0.25, -0.2) is 0 Å². The first-order valence-corrected chi connectivity index (χ1v) is 12.5. The minimum absolute atomic E-state index is 0.0747. The molecule has 0 spiro atoms. The quantitative estimate of drug-likeness (QED) is 0.478. The number of carbonyl (C=O) groups is 1. The number of unbranched alkanes of at least 4 members (excludes halogenated alkanes) is 1. The molecule has 1 aliphatic carbocycles. The van der Waals surface area contributed by atoms with Gasteiger partial charge in [0.15, 0.2) is 0 Å². The molecule has 2 aliphatic rings. The van der Waals surface area contributed by atoms with Gasteiger partial charge in [-0.1, -0.05) is 51.7 Å². The standard InChI is InChI=1S/C28H38N2O2/c1-4-6-11-24-19(3)25-18-21(28(31)29-22-9-7-8-10-22)14-17-26(25)30-27(24)20-12-15-23(16-13-20)32-5-2/h12-19,22,24,27,30H,4-11H2,1-3H3,(H,29,31). The van der Waals surface area contributed by atoms with E-state index in [1.165, 1.54) is 43.2 Å². The van der Waals surface area contributed by atoms with E-state index in [0.717, 1.165) is 29.8 Å². The Bertz CT molecular complexity index is 902. The summed E-state index contributed by atoms with van der Waals surface area (Å²) < 4.78 is 5.64. The monoisotopic (exact) mass is 434 g/mol. The van der Waals surface area contributed by atoms with Crippen LogP contribution in [0.15, 0.2) is 42.5 Å². The topological polar surface area (TPSA) is 50.4 Å². The summed E-state index contributed by atoms with van der Waals surface area (Å²) in [6.45, 7) is 7.28. The number of anilines is 1. The Balaban J connectivity index is 1.58. The van der Waals surface area contributed by atoms with Crippen LogP contribution in [-0.2, 0) is 0 Å². The zero-order valence-corrected chi connectivity index (χ0v) is 19.8. The van der Waals surface area contributed by atoms with Crippen LogP contribution in [0.25, 0.3) is 0 Å². The second-order valence-electron chi connectivity index (χ2n) is 9.48. The van der Waals surface area contributed by atoms with Crippen LogP contribution in [0.3, 0.4) is 0 Å². The summed E-state index contributed by atoms with van der Waals surface area (Å²) in [5.41, 5.74) is 4.52. The minimum atomic E-state index is 0.0747. The third-order valence-electron chi connectivity index (χ3n) is 7.32. The molecule has 0 bridgehead atoms. The Hall–Kier alpha value is -2.49. The van der Waals surface area contributed by atoms with Gasteiger partial charge < -0.3 is 15.4 Å². The number of fused-ring (bicyclic) bond motifs is 1. The highest BCUT2D eigenvalue weighted by atomic mass is 16.5. The molecule has 0 aromatic heterocycles. The molecule has 1 fully saturated rings. The largest absolute Gasteiger partial charge is 0.494 e. The zero-order valence-electron chi connectivity index (χ0n) is 19.8. The molecule has 0 radical (unpaired) electrons. The van der Waals surface area contributed by atoms with Crippen molar-refractivity contribution in [1.82, 2.24) is 5.32 Å². The van der Waals surface area contributed by atoms with E-state index in [9.17, 15) is 4.79 Å². The molecule has 0 saturated heterocycles. The van der Waals surface area contributed by atoms with Crippen molar-refractivity contribution >= 4 is 11.6 Å². The van der Waals surface area contributed by atoms with E-state index < -0.39 is 0 Å². The number of rotatable bonds is 8. The van der Waals surface area contributed by atoms with E-state index in [-0.39, 0.29) is 11.9 Å². The van der Waals surface area contributed by atoms with Gasteiger partial charge in [0.05, 0.1) is 12.6 Å². The van der Waals surface area contributed by atoms with Gasteiger partial charge in [0.2, 0.25) is 0 Å². The summed E-state index contributed by atoms with van der Waals surface area (Å²) in [5.74, 6) is 1.86. The predicted molar refractivity (Wildman–Crippen MR) is 132 cm³/mol. The van der Waals surface area contributed by atoms with Crippen molar-refractivity contribution in [2.45, 2.75) is 83.7 Å². The Morgan fingerprint density at radius 1 is 1.09 bits per heavy atom. The molecule has 1 saturated carbocycles. The molecule has 1 amide bonds. The van der Waals surface area contributed by atoms with Gasteiger partial charge in [0.25, 0.3) is 5.91 Å². The van der Waals surface area contributed by atoms with Crippen molar-refractivity contribution in [2.24, 2.45) is 5.92 Å². The van der Waals surface area contributed by atoms with Gasteiger partial charge in [0, 0.05) is 17.3 Å². The Morgan fingerprint density at radius 3 is 2.53 bits per heavy atom. The Kier molecular flexibility index (Phi) is 7.39. The molecular formula is C28H38N2O2. The van der Waals surface area contributed by atoms with Gasteiger partial charge in [0.1, 0.15) is 5.75 Å². The van der Waals surface area contributed by atoms with Gasteiger partial charge >= 0.3 is 0 Å². The lowest BCUT2D eigenvalue weighted by Crippen LogP contribution is -2.33. The van der Waals surface area contributed by atoms with Crippen molar-refractivity contribution in [3.63, 3.8) is 0 Å². The van der Waals surface area contributed by atoms with E-state index in [2.05, 4.69) is 60.9 Å². The molecule has 2 aromatic rings. The maximum atomic E-state index is 12.9. The first-order valence-electron chi connectivity index (χ1n) is 12.5. The Labute approximate surface area is 193 Å². The highest BCUT2D eigenvalue weighted by molar-refractivity contribution is 5.95. The number of amides is 1. The van der Waals surface area contributed by atoms with E-state index >= 15 is 0 Å². The van der Waals surface area contributed by atoms with Gasteiger partial charge in [-0.15, -0.1) is 0 Å². The molecule has 1 heterocycles. The van der Waals surface area contributed by atoms with Crippen LogP contribution in [0.5, 0.6) is 5.75 Å². The van der Waals surface area contributed by atoms with E-state index in [4.69, 9.17) is 4.74 Å². The molecule has 3 atom stereocenters. The fourth-order valence-corrected chi connectivity index (χ4v) is 5.47. The minimum Gasteiger partial charge on any atom is -0.494 e. The van der Waals surface area contributed by atoms with Gasteiger partial charge in [-0.3, -0.25) is 4.79 Å². The second-order valence-corrected chi connectivity index (χ2v) is 9.48. The molecule has 1 aliphatic heterocycles. The normalized spacial score (nSPS) is 22.8. The lowest BCUT2D eigenvalue weighted by atomic mass is 9.73. The van der Waals surface area contributed by atoms with Crippen LogP contribution in [0.4, 0.5) is 5.69 Å². The highest BCUT2D eigenvalue weighted by Crippen LogP contribution is 2.47. The molecular weight excluding hydrogens is 396 g/mol. The summed E-state index contributed by atoms with van der Waals surface area (Å²) >= 11 is 0. The van der Waals surface area contributed by atoms with E-state index in [1.807, 2.05) is 13.0 Å². The maximum absolute atomic E-state index is 12.9. The van der Waals surface area contributed by atoms with E-state index in [1.54, 1.807) is 0 Å². The molecule has 2 N–H and O–H groups in total. The summed E-state index contributed by atoms with van der Waals surface area (Å²) in [4.78, 5) is 12.9. The Morgan fingerprint density at radius 2 is 1.84 bits per heavy atom. The number of ether oxygens (including phenoxy) is 1. The molecule has 3 unspecified atom stereocenters. The number of carbonyl (C=O) groups excluding carboxylic acids is 1. The van der Waals surface area contributed by atoms with Crippen molar-refractivity contribution < 1.29 is 9.53 Å². The lowest BCUT2D eigenvalue weighted by molar-refractivity contribution is 0.0937. The third-order valence-corrected chi connectivity index (χ3v) is 7.32. The molecule has 172 valence electrons. The maximum Gasteiger partial charge on any atom is 0.251 e.